The molecule has 0 unspecified atom stereocenters. The van der Waals surface area contributed by atoms with Gasteiger partial charge in [-0.15, -0.1) is 12.4 Å². The van der Waals surface area contributed by atoms with Crippen molar-refractivity contribution in [1.29, 1.82) is 0 Å². The van der Waals surface area contributed by atoms with Crippen LogP contribution in [0.25, 0.3) is 0 Å². The maximum Gasteiger partial charge on any atom is 0.334 e. The van der Waals surface area contributed by atoms with E-state index < -0.39 is 5.97 Å². The van der Waals surface area contributed by atoms with Crippen molar-refractivity contribution in [3.05, 3.63) is 64.2 Å². The number of pyridine rings is 1. The average Bonchev–Trinajstić information content (AvgIpc) is 2.77. The third-order valence-electron chi connectivity index (χ3n) is 5.32. The average molecular weight is 462 g/mol. The van der Waals surface area contributed by atoms with Crippen LogP contribution in [0.5, 0.6) is 0 Å². The van der Waals surface area contributed by atoms with E-state index in [1.165, 1.54) is 18.7 Å². The SMILES string of the molecule is CCOC(=O)/C(=C/C1=C(C)C(=O)C(OC)=C(C)C1=O)CCCCCCc1cccnc1.Cl. The van der Waals surface area contributed by atoms with Gasteiger partial charge in [0.05, 0.1) is 13.7 Å². The molecule has 0 spiro atoms. The number of nitrogens with zero attached hydrogens (tertiary/aromatic N) is 1. The number of aryl methyl sites for hydroxylation is 1. The van der Waals surface area contributed by atoms with Crippen LogP contribution in [0.15, 0.2) is 58.7 Å². The molecule has 1 aliphatic rings. The Hall–Kier alpha value is -2.73. The van der Waals surface area contributed by atoms with Gasteiger partial charge in [-0.05, 0) is 64.2 Å². The van der Waals surface area contributed by atoms with E-state index >= 15 is 0 Å². The number of hydrogen-bond acceptors (Lipinski definition) is 6. The van der Waals surface area contributed by atoms with Crippen LogP contribution in [0.2, 0.25) is 0 Å². The van der Waals surface area contributed by atoms with Crippen molar-refractivity contribution < 1.29 is 23.9 Å². The Balaban J connectivity index is 0.00000512. The summed E-state index contributed by atoms with van der Waals surface area (Å²) in [6, 6.07) is 4.00. The number of ketones is 2. The topological polar surface area (TPSA) is 82.6 Å². The van der Waals surface area contributed by atoms with E-state index in [9.17, 15) is 14.4 Å². The van der Waals surface area contributed by atoms with Gasteiger partial charge in [0.1, 0.15) is 0 Å². The Morgan fingerprint density at radius 2 is 1.78 bits per heavy atom. The molecule has 1 aromatic rings. The van der Waals surface area contributed by atoms with Gasteiger partial charge in [0, 0.05) is 34.7 Å². The van der Waals surface area contributed by atoms with Crippen molar-refractivity contribution in [2.45, 2.75) is 59.3 Å². The lowest BCUT2D eigenvalue weighted by molar-refractivity contribution is -0.138. The summed E-state index contributed by atoms with van der Waals surface area (Å²) in [5, 5.41) is 0. The summed E-state index contributed by atoms with van der Waals surface area (Å²) in [4.78, 5) is 41.9. The molecule has 6 nitrogen and oxygen atoms in total. The summed E-state index contributed by atoms with van der Waals surface area (Å²) in [6.45, 7) is 5.13. The molecule has 0 atom stereocenters. The van der Waals surface area contributed by atoms with Crippen molar-refractivity contribution in [3.63, 3.8) is 0 Å². The molecule has 0 aromatic carbocycles. The first kappa shape index (κ1) is 27.3. The van der Waals surface area contributed by atoms with E-state index in [1.54, 1.807) is 27.0 Å². The Morgan fingerprint density at radius 3 is 2.41 bits per heavy atom. The second-order valence-electron chi connectivity index (χ2n) is 7.52. The first-order valence-corrected chi connectivity index (χ1v) is 10.7. The van der Waals surface area contributed by atoms with Gasteiger partial charge in [-0.25, -0.2) is 4.79 Å². The molecule has 1 aliphatic carbocycles. The number of allylic oxidation sites excluding steroid dienone is 4. The second-order valence-corrected chi connectivity index (χ2v) is 7.52. The Morgan fingerprint density at radius 1 is 1.06 bits per heavy atom. The number of rotatable bonds is 11. The van der Waals surface area contributed by atoms with E-state index in [-0.39, 0.29) is 53.1 Å². The van der Waals surface area contributed by atoms with Gasteiger partial charge in [-0.2, -0.15) is 0 Å². The van der Waals surface area contributed by atoms with Gasteiger partial charge < -0.3 is 9.47 Å². The summed E-state index contributed by atoms with van der Waals surface area (Å²) >= 11 is 0. The lowest BCUT2D eigenvalue weighted by Gasteiger charge is -2.18. The minimum atomic E-state index is -0.447. The number of halogens is 1. The van der Waals surface area contributed by atoms with Crippen LogP contribution in [-0.4, -0.2) is 36.2 Å². The highest BCUT2D eigenvalue weighted by molar-refractivity contribution is 6.25. The molecule has 0 aliphatic heterocycles. The highest BCUT2D eigenvalue weighted by Crippen LogP contribution is 2.27. The fourth-order valence-electron chi connectivity index (χ4n) is 3.53. The normalized spacial score (nSPS) is 14.4. The predicted octanol–water partition coefficient (Wildman–Crippen LogP) is 4.87. The minimum absolute atomic E-state index is 0. The number of esters is 1. The highest BCUT2D eigenvalue weighted by atomic mass is 35.5. The van der Waals surface area contributed by atoms with Crippen LogP contribution in [0.3, 0.4) is 0 Å². The number of carbonyl (C=O) groups is 3. The first-order valence-electron chi connectivity index (χ1n) is 10.7. The molecule has 0 radical (unpaired) electrons. The van der Waals surface area contributed by atoms with Gasteiger partial charge in [0.2, 0.25) is 5.78 Å². The zero-order valence-electron chi connectivity index (χ0n) is 19.2. The van der Waals surface area contributed by atoms with Crippen molar-refractivity contribution in [2.24, 2.45) is 0 Å². The van der Waals surface area contributed by atoms with Crippen molar-refractivity contribution in [3.8, 4) is 0 Å². The molecule has 0 fully saturated rings. The van der Waals surface area contributed by atoms with E-state index in [0.29, 0.717) is 12.0 Å². The molecule has 0 saturated heterocycles. The maximum atomic E-state index is 12.8. The van der Waals surface area contributed by atoms with Gasteiger partial charge in [0.15, 0.2) is 11.5 Å². The van der Waals surface area contributed by atoms with E-state index in [2.05, 4.69) is 11.1 Å². The van der Waals surface area contributed by atoms with Gasteiger partial charge in [0.25, 0.3) is 0 Å². The monoisotopic (exact) mass is 461 g/mol. The summed E-state index contributed by atoms with van der Waals surface area (Å²) in [7, 11) is 1.37. The molecule has 0 amide bonds. The van der Waals surface area contributed by atoms with Crippen LogP contribution in [0, 0.1) is 0 Å². The maximum absolute atomic E-state index is 12.8. The summed E-state index contributed by atoms with van der Waals surface area (Å²) < 4.78 is 10.3. The molecule has 0 N–H and O–H groups in total. The number of hydrogen-bond donors (Lipinski definition) is 0. The van der Waals surface area contributed by atoms with E-state index in [1.807, 2.05) is 12.3 Å². The van der Waals surface area contributed by atoms with Gasteiger partial charge in [-0.3, -0.25) is 14.6 Å². The van der Waals surface area contributed by atoms with Crippen LogP contribution >= 0.6 is 12.4 Å². The number of ether oxygens (including phenoxy) is 2. The molecule has 1 aromatic heterocycles. The lowest BCUT2D eigenvalue weighted by Crippen LogP contribution is -2.22. The molecular weight excluding hydrogens is 430 g/mol. The fraction of sp³-hybridized carbons (Fsp3) is 0.440. The smallest absolute Gasteiger partial charge is 0.334 e. The Bertz CT molecular complexity index is 916. The third-order valence-corrected chi connectivity index (χ3v) is 5.32. The largest absolute Gasteiger partial charge is 0.492 e. The third kappa shape index (κ3) is 7.16. The van der Waals surface area contributed by atoms with Crippen molar-refractivity contribution in [1.82, 2.24) is 4.98 Å². The van der Waals surface area contributed by atoms with Crippen molar-refractivity contribution in [2.75, 3.05) is 13.7 Å². The molecule has 32 heavy (non-hydrogen) atoms. The molecular formula is C25H32ClNO5. The lowest BCUT2D eigenvalue weighted by atomic mass is 9.88. The van der Waals surface area contributed by atoms with E-state index in [4.69, 9.17) is 9.47 Å². The quantitative estimate of drug-likeness (QED) is 0.202. The number of unbranched alkanes of at least 4 members (excludes halogenated alkanes) is 3. The van der Waals surface area contributed by atoms with Crippen molar-refractivity contribution >= 4 is 29.9 Å². The highest BCUT2D eigenvalue weighted by Gasteiger charge is 2.30. The predicted molar refractivity (Wildman–Crippen MR) is 125 cm³/mol. The van der Waals surface area contributed by atoms with Crippen LogP contribution in [-0.2, 0) is 30.3 Å². The zero-order chi connectivity index (χ0) is 22.8. The molecule has 1 heterocycles. The molecule has 2 rings (SSSR count). The van der Waals surface area contributed by atoms with Crippen LogP contribution < -0.4 is 0 Å². The summed E-state index contributed by atoms with van der Waals surface area (Å²) in [5.74, 6) is -1.01. The number of Topliss-reactive ketones (excluding diaryl/α,β-unsaturated/α-hetero) is 2. The Kier molecular flexibility index (Phi) is 11.6. The standard InChI is InChI=1S/C25H31NO5.ClH/c1-5-31-25(29)20(13-9-7-6-8-11-19-12-10-14-26-16-19)15-21-17(2)23(28)24(30-4)18(3)22(21)27;/h10,12,14-16H,5-9,11,13H2,1-4H3;1H/b20-15+;. The molecule has 0 saturated carbocycles. The Labute approximate surface area is 196 Å². The fourth-order valence-corrected chi connectivity index (χ4v) is 3.53. The van der Waals surface area contributed by atoms with Crippen LogP contribution in [0.1, 0.15) is 58.4 Å². The summed E-state index contributed by atoms with van der Waals surface area (Å²) in [6.07, 6.45) is 10.5. The number of methoxy groups -OCH3 is 1. The molecule has 7 heteroatoms. The molecule has 0 bridgehead atoms. The zero-order valence-corrected chi connectivity index (χ0v) is 20.0. The number of carbonyl (C=O) groups excluding carboxylic acids is 3. The first-order chi connectivity index (χ1) is 14.9. The van der Waals surface area contributed by atoms with Gasteiger partial charge >= 0.3 is 5.97 Å². The summed E-state index contributed by atoms with van der Waals surface area (Å²) in [5.41, 5.74) is 2.41. The van der Waals surface area contributed by atoms with E-state index in [0.717, 1.165) is 32.1 Å². The number of aromatic nitrogens is 1. The minimum Gasteiger partial charge on any atom is -0.492 e. The molecule has 174 valence electrons. The van der Waals surface area contributed by atoms with Crippen LogP contribution in [0.4, 0.5) is 0 Å². The van der Waals surface area contributed by atoms with Gasteiger partial charge in [-0.1, -0.05) is 18.9 Å². The second kappa shape index (κ2) is 13.6.